The van der Waals surface area contributed by atoms with Crippen molar-refractivity contribution in [2.75, 3.05) is 12.4 Å². The first kappa shape index (κ1) is 19.4. The van der Waals surface area contributed by atoms with Gasteiger partial charge in [-0.15, -0.1) is 0 Å². The number of methoxy groups -OCH3 is 1. The molecule has 154 valence electrons. The summed E-state index contributed by atoms with van der Waals surface area (Å²) in [5, 5.41) is 6.95. The van der Waals surface area contributed by atoms with Gasteiger partial charge in [-0.2, -0.15) is 5.10 Å². The molecule has 9 heteroatoms. The molecule has 0 aliphatic rings. The number of carbonyl (C=O) groups excluding carboxylic acids is 2. The van der Waals surface area contributed by atoms with E-state index in [9.17, 15) is 14.0 Å². The Bertz CT molecular complexity index is 1270. The Balaban J connectivity index is 1.73. The van der Waals surface area contributed by atoms with Crippen LogP contribution in [0.1, 0.15) is 32.2 Å². The van der Waals surface area contributed by atoms with Crippen LogP contribution in [0.2, 0.25) is 0 Å². The van der Waals surface area contributed by atoms with Crippen molar-refractivity contribution in [2.45, 2.75) is 13.5 Å². The largest absolute Gasteiger partial charge is 0.464 e. The van der Waals surface area contributed by atoms with Gasteiger partial charge in [0.15, 0.2) is 11.3 Å². The summed E-state index contributed by atoms with van der Waals surface area (Å²) < 4.78 is 27.0. The van der Waals surface area contributed by atoms with E-state index in [1.54, 1.807) is 42.8 Å². The topological polar surface area (TPSA) is 91.3 Å². The number of halogens is 1. The van der Waals surface area contributed by atoms with Crippen LogP contribution in [0, 0.1) is 12.7 Å². The maximum atomic E-state index is 13.6. The van der Waals surface area contributed by atoms with Crippen LogP contribution >= 0.6 is 0 Å². The number of esters is 1. The Morgan fingerprint density at radius 1 is 1.27 bits per heavy atom. The first-order chi connectivity index (χ1) is 14.4. The second-order valence-electron chi connectivity index (χ2n) is 6.79. The van der Waals surface area contributed by atoms with Gasteiger partial charge in [-0.05, 0) is 24.6 Å². The molecule has 0 radical (unpaired) electrons. The van der Waals surface area contributed by atoms with Gasteiger partial charge in [0.05, 0.1) is 30.3 Å². The highest BCUT2D eigenvalue weighted by molar-refractivity contribution is 6.09. The van der Waals surface area contributed by atoms with Crippen LogP contribution in [-0.4, -0.2) is 33.3 Å². The number of carbonyl (C=O) groups is 2. The SMILES string of the molecule is COC(=O)c1c(NC(=O)c2cc3occc3n2Cc2cccc(F)c2)c(C)nn1C. The maximum Gasteiger partial charge on any atom is 0.358 e. The number of ether oxygens (including phenoxy) is 1. The Morgan fingerprint density at radius 3 is 2.80 bits per heavy atom. The van der Waals surface area contributed by atoms with Crippen LogP contribution in [0.5, 0.6) is 0 Å². The highest BCUT2D eigenvalue weighted by Gasteiger charge is 2.25. The number of furan rings is 1. The fraction of sp³-hybridized carbons (Fsp3) is 0.190. The molecule has 0 bridgehead atoms. The molecule has 3 aromatic heterocycles. The number of aryl methyl sites for hydroxylation is 2. The smallest absolute Gasteiger partial charge is 0.358 e. The van der Waals surface area contributed by atoms with Crippen molar-refractivity contribution < 1.29 is 23.1 Å². The van der Waals surface area contributed by atoms with E-state index in [1.807, 2.05) is 0 Å². The zero-order valence-electron chi connectivity index (χ0n) is 16.6. The molecule has 0 spiro atoms. The van der Waals surface area contributed by atoms with E-state index >= 15 is 0 Å². The second-order valence-corrected chi connectivity index (χ2v) is 6.79. The van der Waals surface area contributed by atoms with Crippen molar-refractivity contribution in [1.82, 2.24) is 14.3 Å². The number of amides is 1. The molecule has 8 nitrogen and oxygen atoms in total. The predicted molar refractivity (Wildman–Crippen MR) is 107 cm³/mol. The van der Waals surface area contributed by atoms with Gasteiger partial charge in [0.2, 0.25) is 0 Å². The minimum Gasteiger partial charge on any atom is -0.464 e. The monoisotopic (exact) mass is 410 g/mol. The lowest BCUT2D eigenvalue weighted by atomic mass is 10.2. The van der Waals surface area contributed by atoms with E-state index in [0.29, 0.717) is 28.1 Å². The number of hydrogen-bond acceptors (Lipinski definition) is 5. The first-order valence-electron chi connectivity index (χ1n) is 9.13. The van der Waals surface area contributed by atoms with Crippen LogP contribution in [0.15, 0.2) is 47.1 Å². The van der Waals surface area contributed by atoms with Crippen molar-refractivity contribution in [3.63, 3.8) is 0 Å². The third-order valence-corrected chi connectivity index (χ3v) is 4.82. The summed E-state index contributed by atoms with van der Waals surface area (Å²) in [6.45, 7) is 1.94. The molecule has 0 fully saturated rings. The lowest BCUT2D eigenvalue weighted by Crippen LogP contribution is -2.20. The fourth-order valence-electron chi connectivity index (χ4n) is 3.47. The van der Waals surface area contributed by atoms with Gasteiger partial charge in [-0.3, -0.25) is 9.48 Å². The van der Waals surface area contributed by atoms with Gasteiger partial charge in [-0.25, -0.2) is 9.18 Å². The number of anilines is 1. The van der Waals surface area contributed by atoms with Crippen molar-refractivity contribution in [3.05, 3.63) is 71.1 Å². The van der Waals surface area contributed by atoms with E-state index in [-0.39, 0.29) is 23.7 Å². The number of fused-ring (bicyclic) bond motifs is 1. The van der Waals surface area contributed by atoms with E-state index < -0.39 is 11.9 Å². The number of rotatable bonds is 5. The van der Waals surface area contributed by atoms with E-state index in [4.69, 9.17) is 9.15 Å². The summed E-state index contributed by atoms with van der Waals surface area (Å²) in [5.41, 5.74) is 3.08. The highest BCUT2D eigenvalue weighted by Crippen LogP contribution is 2.26. The number of nitrogens with one attached hydrogen (secondary N) is 1. The molecule has 0 saturated carbocycles. The molecule has 0 saturated heterocycles. The molecular formula is C21H19FN4O4. The molecule has 0 aliphatic carbocycles. The molecular weight excluding hydrogens is 391 g/mol. The van der Waals surface area contributed by atoms with Crippen molar-refractivity contribution >= 4 is 28.7 Å². The van der Waals surface area contributed by atoms with Crippen LogP contribution in [0.4, 0.5) is 10.1 Å². The van der Waals surface area contributed by atoms with Crippen LogP contribution in [-0.2, 0) is 18.3 Å². The lowest BCUT2D eigenvalue weighted by molar-refractivity contribution is 0.0589. The number of aromatic nitrogens is 3. The van der Waals surface area contributed by atoms with Gasteiger partial charge < -0.3 is 19.0 Å². The number of benzene rings is 1. The molecule has 0 atom stereocenters. The molecule has 30 heavy (non-hydrogen) atoms. The summed E-state index contributed by atoms with van der Waals surface area (Å²) in [4.78, 5) is 25.3. The van der Waals surface area contributed by atoms with Gasteiger partial charge in [-0.1, -0.05) is 12.1 Å². The Kier molecular flexibility index (Phi) is 4.86. The second kappa shape index (κ2) is 7.51. The normalized spacial score (nSPS) is 11.1. The van der Waals surface area contributed by atoms with Crippen molar-refractivity contribution in [1.29, 1.82) is 0 Å². The average Bonchev–Trinajstić information content (AvgIpc) is 3.36. The van der Waals surface area contributed by atoms with Crippen LogP contribution < -0.4 is 5.32 Å². The first-order valence-corrected chi connectivity index (χ1v) is 9.13. The zero-order valence-corrected chi connectivity index (χ0v) is 16.6. The quantitative estimate of drug-likeness (QED) is 0.509. The van der Waals surface area contributed by atoms with Crippen LogP contribution in [0.25, 0.3) is 11.1 Å². The van der Waals surface area contributed by atoms with Gasteiger partial charge in [0.1, 0.15) is 11.5 Å². The predicted octanol–water partition coefficient (Wildman–Crippen LogP) is 3.50. The maximum absolute atomic E-state index is 13.6. The molecule has 0 aliphatic heterocycles. The zero-order chi connectivity index (χ0) is 21.4. The minimum absolute atomic E-state index is 0.135. The van der Waals surface area contributed by atoms with E-state index in [2.05, 4.69) is 10.4 Å². The van der Waals surface area contributed by atoms with Crippen molar-refractivity contribution in [2.24, 2.45) is 7.05 Å². The lowest BCUT2D eigenvalue weighted by Gasteiger charge is -2.11. The summed E-state index contributed by atoms with van der Waals surface area (Å²) >= 11 is 0. The fourth-order valence-corrected chi connectivity index (χ4v) is 3.47. The van der Waals surface area contributed by atoms with Gasteiger partial charge in [0, 0.05) is 25.7 Å². The molecule has 3 heterocycles. The van der Waals surface area contributed by atoms with Gasteiger partial charge in [0.25, 0.3) is 5.91 Å². The summed E-state index contributed by atoms with van der Waals surface area (Å²) in [5.74, 6) is -1.43. The highest BCUT2D eigenvalue weighted by atomic mass is 19.1. The molecule has 4 rings (SSSR count). The third-order valence-electron chi connectivity index (χ3n) is 4.82. The Morgan fingerprint density at radius 2 is 2.07 bits per heavy atom. The molecule has 4 aromatic rings. The van der Waals surface area contributed by atoms with E-state index in [0.717, 1.165) is 0 Å². The molecule has 0 unspecified atom stereocenters. The molecule has 1 amide bonds. The Hall–Kier alpha value is -3.88. The summed E-state index contributed by atoms with van der Waals surface area (Å²) in [6.07, 6.45) is 1.52. The minimum atomic E-state index is -0.614. The summed E-state index contributed by atoms with van der Waals surface area (Å²) in [6, 6.07) is 9.50. The number of nitrogens with zero attached hydrogens (tertiary/aromatic N) is 3. The Labute approximate surface area is 170 Å². The molecule has 1 N–H and O–H groups in total. The van der Waals surface area contributed by atoms with Gasteiger partial charge >= 0.3 is 5.97 Å². The van der Waals surface area contributed by atoms with E-state index in [1.165, 1.54) is 30.2 Å². The average molecular weight is 410 g/mol. The van der Waals surface area contributed by atoms with Crippen LogP contribution in [0.3, 0.4) is 0 Å². The standard InChI is InChI=1S/C21H19FN4O4/c1-12-18(19(21(28)29-3)25(2)24-12)23-20(27)16-10-17-15(7-8-30-17)26(16)11-13-5-4-6-14(22)9-13/h4-10H,11H2,1-3H3,(H,23,27). The third kappa shape index (κ3) is 3.34. The van der Waals surface area contributed by atoms with Crippen molar-refractivity contribution in [3.8, 4) is 0 Å². The molecule has 1 aromatic carbocycles. The summed E-state index contributed by atoms with van der Waals surface area (Å²) in [7, 11) is 2.85. The number of hydrogen-bond donors (Lipinski definition) is 1.